The molecule has 1 aromatic heterocycles. The van der Waals surface area contributed by atoms with Gasteiger partial charge in [-0.1, -0.05) is 12.1 Å². The van der Waals surface area contributed by atoms with Crippen molar-refractivity contribution in [3.8, 4) is 0 Å². The minimum absolute atomic E-state index is 0.783. The highest BCUT2D eigenvalue weighted by Gasteiger charge is 2.06. The first kappa shape index (κ1) is 11.0. The number of hydrogen-bond donors (Lipinski definition) is 1. The standard InChI is InChI=1S/C11H14N4S/c1-8-13-14-11(15(8)2)7-16-10-6-4-3-5-9(10)12/h3-6H,7,12H2,1-2H3. The molecule has 0 aliphatic heterocycles. The van der Waals surface area contributed by atoms with Gasteiger partial charge in [-0.2, -0.15) is 0 Å². The van der Waals surface area contributed by atoms with Gasteiger partial charge in [0.1, 0.15) is 11.6 Å². The maximum atomic E-state index is 5.86. The molecule has 0 atom stereocenters. The molecule has 0 saturated heterocycles. The topological polar surface area (TPSA) is 56.7 Å². The Morgan fingerprint density at radius 1 is 1.31 bits per heavy atom. The van der Waals surface area contributed by atoms with Gasteiger partial charge in [-0.25, -0.2) is 0 Å². The molecule has 0 bridgehead atoms. The van der Waals surface area contributed by atoms with Crippen molar-refractivity contribution < 1.29 is 0 Å². The van der Waals surface area contributed by atoms with Crippen LogP contribution in [0.25, 0.3) is 0 Å². The Morgan fingerprint density at radius 3 is 2.69 bits per heavy atom. The fraction of sp³-hybridized carbons (Fsp3) is 0.273. The lowest BCUT2D eigenvalue weighted by atomic mass is 10.3. The molecule has 4 nitrogen and oxygen atoms in total. The lowest BCUT2D eigenvalue weighted by Gasteiger charge is -2.04. The molecule has 0 radical (unpaired) electrons. The van der Waals surface area contributed by atoms with E-state index in [2.05, 4.69) is 10.2 Å². The number of nitrogens with two attached hydrogens (primary N) is 1. The van der Waals surface area contributed by atoms with Gasteiger partial charge in [0.15, 0.2) is 0 Å². The van der Waals surface area contributed by atoms with Crippen LogP contribution in [0.3, 0.4) is 0 Å². The summed E-state index contributed by atoms with van der Waals surface area (Å²) in [5, 5.41) is 8.13. The first-order valence-corrected chi connectivity index (χ1v) is 5.99. The second-order valence-electron chi connectivity index (χ2n) is 3.55. The average Bonchev–Trinajstić information content (AvgIpc) is 2.59. The van der Waals surface area contributed by atoms with Crippen molar-refractivity contribution in [3.05, 3.63) is 35.9 Å². The van der Waals surface area contributed by atoms with Crippen LogP contribution < -0.4 is 5.73 Å². The lowest BCUT2D eigenvalue weighted by Crippen LogP contribution is -1.98. The number of hydrogen-bond acceptors (Lipinski definition) is 4. The maximum absolute atomic E-state index is 5.86. The quantitative estimate of drug-likeness (QED) is 0.652. The fourth-order valence-electron chi connectivity index (χ4n) is 1.33. The highest BCUT2D eigenvalue weighted by atomic mass is 32.2. The summed E-state index contributed by atoms with van der Waals surface area (Å²) in [6.07, 6.45) is 0. The molecule has 0 amide bonds. The average molecular weight is 234 g/mol. The summed E-state index contributed by atoms with van der Waals surface area (Å²) in [5.74, 6) is 2.67. The van der Waals surface area contributed by atoms with E-state index in [1.54, 1.807) is 11.8 Å². The molecule has 2 N–H and O–H groups in total. The van der Waals surface area contributed by atoms with E-state index in [-0.39, 0.29) is 0 Å². The van der Waals surface area contributed by atoms with Crippen LogP contribution in [-0.2, 0) is 12.8 Å². The lowest BCUT2D eigenvalue weighted by molar-refractivity contribution is 0.817. The minimum Gasteiger partial charge on any atom is -0.398 e. The Labute approximate surface area is 98.9 Å². The third-order valence-corrected chi connectivity index (χ3v) is 3.54. The molecular weight excluding hydrogens is 220 g/mol. The Hall–Kier alpha value is -1.49. The number of benzene rings is 1. The van der Waals surface area contributed by atoms with E-state index in [1.165, 1.54) is 0 Å². The van der Waals surface area contributed by atoms with E-state index >= 15 is 0 Å². The molecule has 0 unspecified atom stereocenters. The van der Waals surface area contributed by atoms with Crippen molar-refractivity contribution in [2.75, 3.05) is 5.73 Å². The fourth-order valence-corrected chi connectivity index (χ4v) is 2.28. The molecule has 2 aromatic rings. The van der Waals surface area contributed by atoms with Crippen LogP contribution in [0.4, 0.5) is 5.69 Å². The van der Waals surface area contributed by atoms with Gasteiger partial charge in [0.05, 0.1) is 5.75 Å². The predicted molar refractivity (Wildman–Crippen MR) is 66.2 cm³/mol. The number of nitrogen functional groups attached to an aromatic ring is 1. The second-order valence-corrected chi connectivity index (χ2v) is 4.57. The summed E-state index contributed by atoms with van der Waals surface area (Å²) in [6, 6.07) is 7.85. The Balaban J connectivity index is 2.08. The molecule has 0 aliphatic rings. The molecule has 0 aliphatic carbocycles. The Morgan fingerprint density at radius 2 is 2.06 bits per heavy atom. The van der Waals surface area contributed by atoms with Crippen LogP contribution in [0.2, 0.25) is 0 Å². The number of nitrogens with zero attached hydrogens (tertiary/aromatic N) is 3. The third kappa shape index (κ3) is 2.19. The summed E-state index contributed by atoms with van der Waals surface area (Å²) in [4.78, 5) is 1.09. The van der Waals surface area contributed by atoms with E-state index in [0.717, 1.165) is 28.0 Å². The van der Waals surface area contributed by atoms with Crippen LogP contribution in [-0.4, -0.2) is 14.8 Å². The van der Waals surface area contributed by atoms with Crippen LogP contribution in [0.15, 0.2) is 29.2 Å². The summed E-state index contributed by atoms with van der Waals surface area (Å²) < 4.78 is 1.99. The normalized spacial score (nSPS) is 10.6. The molecule has 5 heteroatoms. The highest BCUT2D eigenvalue weighted by molar-refractivity contribution is 7.98. The number of anilines is 1. The maximum Gasteiger partial charge on any atom is 0.143 e. The Kier molecular flexibility index (Phi) is 3.14. The zero-order chi connectivity index (χ0) is 11.5. The first-order chi connectivity index (χ1) is 7.68. The van der Waals surface area contributed by atoms with Gasteiger partial charge < -0.3 is 10.3 Å². The van der Waals surface area contributed by atoms with E-state index in [1.807, 2.05) is 42.8 Å². The second kappa shape index (κ2) is 4.57. The van der Waals surface area contributed by atoms with Gasteiger partial charge >= 0.3 is 0 Å². The van der Waals surface area contributed by atoms with E-state index in [4.69, 9.17) is 5.73 Å². The van der Waals surface area contributed by atoms with Gasteiger partial charge in [0.2, 0.25) is 0 Å². The number of aromatic nitrogens is 3. The minimum atomic E-state index is 0.783. The van der Waals surface area contributed by atoms with Crippen molar-refractivity contribution in [1.82, 2.24) is 14.8 Å². The molecule has 16 heavy (non-hydrogen) atoms. The molecule has 1 aromatic carbocycles. The molecular formula is C11H14N4S. The molecule has 84 valence electrons. The number of thioether (sulfide) groups is 1. The van der Waals surface area contributed by atoms with E-state index in [0.29, 0.717) is 0 Å². The third-order valence-electron chi connectivity index (χ3n) is 2.46. The summed E-state index contributed by atoms with van der Waals surface area (Å²) >= 11 is 1.68. The Bertz CT molecular complexity index is 492. The first-order valence-electron chi connectivity index (χ1n) is 5.00. The monoisotopic (exact) mass is 234 g/mol. The summed E-state index contributed by atoms with van der Waals surface area (Å²) in [6.45, 7) is 1.94. The number of para-hydroxylation sites is 1. The van der Waals surface area contributed by atoms with Gasteiger partial charge in [-0.05, 0) is 19.1 Å². The van der Waals surface area contributed by atoms with Crippen molar-refractivity contribution >= 4 is 17.4 Å². The number of rotatable bonds is 3. The summed E-state index contributed by atoms with van der Waals surface area (Å²) in [7, 11) is 1.97. The van der Waals surface area contributed by atoms with Gasteiger partial charge in [0, 0.05) is 17.6 Å². The van der Waals surface area contributed by atoms with Crippen molar-refractivity contribution in [2.24, 2.45) is 7.05 Å². The van der Waals surface area contributed by atoms with Crippen molar-refractivity contribution in [1.29, 1.82) is 0 Å². The van der Waals surface area contributed by atoms with Crippen molar-refractivity contribution in [3.63, 3.8) is 0 Å². The van der Waals surface area contributed by atoms with Crippen molar-refractivity contribution in [2.45, 2.75) is 17.6 Å². The molecule has 1 heterocycles. The smallest absolute Gasteiger partial charge is 0.143 e. The number of aryl methyl sites for hydroxylation is 1. The molecule has 0 spiro atoms. The molecule has 2 rings (SSSR count). The van der Waals surface area contributed by atoms with Crippen LogP contribution in [0.5, 0.6) is 0 Å². The van der Waals surface area contributed by atoms with E-state index in [9.17, 15) is 0 Å². The predicted octanol–water partition coefficient (Wildman–Crippen LogP) is 2.00. The van der Waals surface area contributed by atoms with Gasteiger partial charge in [0.25, 0.3) is 0 Å². The van der Waals surface area contributed by atoms with Crippen LogP contribution in [0.1, 0.15) is 11.6 Å². The van der Waals surface area contributed by atoms with Gasteiger partial charge in [-0.15, -0.1) is 22.0 Å². The highest BCUT2D eigenvalue weighted by Crippen LogP contribution is 2.26. The van der Waals surface area contributed by atoms with E-state index < -0.39 is 0 Å². The zero-order valence-corrected chi connectivity index (χ0v) is 10.2. The van der Waals surface area contributed by atoms with Crippen LogP contribution >= 0.6 is 11.8 Å². The van der Waals surface area contributed by atoms with Gasteiger partial charge in [-0.3, -0.25) is 0 Å². The SMILES string of the molecule is Cc1nnc(CSc2ccccc2N)n1C. The molecule has 0 saturated carbocycles. The zero-order valence-electron chi connectivity index (χ0n) is 9.34. The summed E-state index contributed by atoms with van der Waals surface area (Å²) in [5.41, 5.74) is 6.68. The molecule has 0 fully saturated rings. The largest absolute Gasteiger partial charge is 0.398 e. The van der Waals surface area contributed by atoms with Crippen LogP contribution in [0, 0.1) is 6.92 Å².